The zero-order chi connectivity index (χ0) is 12.2. The van der Waals surface area contributed by atoms with Crippen LogP contribution < -0.4 is 11.1 Å². The van der Waals surface area contributed by atoms with Gasteiger partial charge in [0.05, 0.1) is 12.5 Å². The molecule has 0 aromatic heterocycles. The molecule has 0 bridgehead atoms. The van der Waals surface area contributed by atoms with Gasteiger partial charge in [0.1, 0.15) is 0 Å². The number of carbonyl (C=O) groups excluding carboxylic acids is 1. The number of amides is 1. The van der Waals surface area contributed by atoms with E-state index in [0.717, 1.165) is 12.8 Å². The van der Waals surface area contributed by atoms with Gasteiger partial charge < -0.3 is 15.8 Å². The lowest BCUT2D eigenvalue weighted by Crippen LogP contribution is -2.47. The summed E-state index contributed by atoms with van der Waals surface area (Å²) in [5.74, 6) is 0.147. The van der Waals surface area contributed by atoms with Gasteiger partial charge in [-0.1, -0.05) is 20.8 Å². The molecule has 1 fully saturated rings. The van der Waals surface area contributed by atoms with Crippen LogP contribution in [0.15, 0.2) is 0 Å². The maximum absolute atomic E-state index is 11.9. The van der Waals surface area contributed by atoms with E-state index in [1.807, 2.05) is 0 Å². The number of hydrogen-bond acceptors (Lipinski definition) is 3. The zero-order valence-corrected chi connectivity index (χ0v) is 10.6. The quantitative estimate of drug-likeness (QED) is 0.751. The lowest BCUT2D eigenvalue weighted by atomic mass is 9.84. The van der Waals surface area contributed by atoms with Crippen LogP contribution in [0.3, 0.4) is 0 Å². The molecular weight excluding hydrogens is 204 g/mol. The Hall–Kier alpha value is -0.610. The van der Waals surface area contributed by atoms with Gasteiger partial charge in [-0.15, -0.1) is 0 Å². The molecule has 16 heavy (non-hydrogen) atoms. The highest BCUT2D eigenvalue weighted by atomic mass is 16.5. The minimum absolute atomic E-state index is 0.0302. The highest BCUT2D eigenvalue weighted by molar-refractivity contribution is 5.79. The van der Waals surface area contributed by atoms with Crippen molar-refractivity contribution in [1.29, 1.82) is 0 Å². The van der Waals surface area contributed by atoms with Crippen LogP contribution in [0.1, 0.15) is 33.6 Å². The second kappa shape index (κ2) is 5.64. The molecule has 4 heteroatoms. The summed E-state index contributed by atoms with van der Waals surface area (Å²) in [4.78, 5) is 11.9. The third-order valence-electron chi connectivity index (χ3n) is 3.12. The second-order valence-corrected chi connectivity index (χ2v) is 5.57. The maximum Gasteiger partial charge on any atom is 0.225 e. The maximum atomic E-state index is 11.9. The molecule has 4 nitrogen and oxygen atoms in total. The van der Waals surface area contributed by atoms with Gasteiger partial charge in [-0.05, 0) is 24.8 Å². The van der Waals surface area contributed by atoms with Crippen LogP contribution in [-0.4, -0.2) is 31.7 Å². The van der Waals surface area contributed by atoms with Gasteiger partial charge in [-0.3, -0.25) is 4.79 Å². The van der Waals surface area contributed by atoms with Gasteiger partial charge in [0.25, 0.3) is 0 Å². The van der Waals surface area contributed by atoms with Crippen molar-refractivity contribution < 1.29 is 9.53 Å². The Morgan fingerprint density at radius 2 is 2.25 bits per heavy atom. The molecule has 2 atom stereocenters. The average Bonchev–Trinajstić information content (AvgIpc) is 2.68. The van der Waals surface area contributed by atoms with Gasteiger partial charge in [0.2, 0.25) is 5.91 Å². The molecule has 0 aromatic carbocycles. The minimum atomic E-state index is 0.0302. The van der Waals surface area contributed by atoms with E-state index in [1.54, 1.807) is 0 Å². The van der Waals surface area contributed by atoms with E-state index in [0.29, 0.717) is 19.8 Å². The predicted octanol–water partition coefficient (Wildman–Crippen LogP) is 0.903. The van der Waals surface area contributed by atoms with Crippen molar-refractivity contribution in [1.82, 2.24) is 5.32 Å². The van der Waals surface area contributed by atoms with E-state index in [4.69, 9.17) is 10.5 Å². The van der Waals surface area contributed by atoms with Gasteiger partial charge >= 0.3 is 0 Å². The first-order valence-electron chi connectivity index (χ1n) is 6.03. The zero-order valence-electron chi connectivity index (χ0n) is 10.6. The minimum Gasteiger partial charge on any atom is -0.381 e. The normalized spacial score (nSPS) is 23.1. The monoisotopic (exact) mass is 228 g/mol. The SMILES string of the molecule is CC(C)(C)C(CCN)NC(=O)C1CCOC1. The molecule has 94 valence electrons. The fraction of sp³-hybridized carbons (Fsp3) is 0.917. The van der Waals surface area contributed by atoms with Crippen molar-refractivity contribution >= 4 is 5.91 Å². The first kappa shape index (κ1) is 13.5. The molecule has 1 rings (SSSR count). The third kappa shape index (κ3) is 3.76. The predicted molar refractivity (Wildman–Crippen MR) is 64.0 cm³/mol. The Labute approximate surface area is 97.9 Å². The largest absolute Gasteiger partial charge is 0.381 e. The van der Waals surface area contributed by atoms with E-state index in [9.17, 15) is 4.79 Å². The van der Waals surface area contributed by atoms with E-state index in [1.165, 1.54) is 0 Å². The molecule has 1 saturated heterocycles. The summed E-state index contributed by atoms with van der Waals surface area (Å²) in [6.07, 6.45) is 1.66. The standard InChI is InChI=1S/C12H24N2O2/c1-12(2,3)10(4-6-13)14-11(15)9-5-7-16-8-9/h9-10H,4-8,13H2,1-3H3,(H,14,15). The molecule has 1 heterocycles. The summed E-state index contributed by atoms with van der Waals surface area (Å²) >= 11 is 0. The Balaban J connectivity index is 2.50. The van der Waals surface area contributed by atoms with E-state index in [2.05, 4.69) is 26.1 Å². The van der Waals surface area contributed by atoms with Crippen LogP contribution in [0.25, 0.3) is 0 Å². The number of ether oxygens (including phenoxy) is 1. The molecule has 1 aliphatic heterocycles. The van der Waals surface area contributed by atoms with Crippen molar-refractivity contribution in [3.05, 3.63) is 0 Å². The lowest BCUT2D eigenvalue weighted by molar-refractivity contribution is -0.126. The molecule has 2 unspecified atom stereocenters. The Bertz CT molecular complexity index is 230. The first-order chi connectivity index (χ1) is 7.45. The molecule has 0 saturated carbocycles. The highest BCUT2D eigenvalue weighted by Gasteiger charge is 2.30. The van der Waals surface area contributed by atoms with Crippen LogP contribution >= 0.6 is 0 Å². The molecule has 0 aliphatic carbocycles. The number of hydrogen-bond donors (Lipinski definition) is 2. The van der Waals surface area contributed by atoms with Gasteiger partial charge in [0.15, 0.2) is 0 Å². The van der Waals surface area contributed by atoms with Crippen molar-refractivity contribution in [2.75, 3.05) is 19.8 Å². The Morgan fingerprint density at radius 1 is 1.56 bits per heavy atom. The lowest BCUT2D eigenvalue weighted by Gasteiger charge is -2.32. The van der Waals surface area contributed by atoms with E-state index >= 15 is 0 Å². The second-order valence-electron chi connectivity index (χ2n) is 5.57. The fourth-order valence-electron chi connectivity index (χ4n) is 1.92. The van der Waals surface area contributed by atoms with Crippen LogP contribution in [0, 0.1) is 11.3 Å². The van der Waals surface area contributed by atoms with E-state index < -0.39 is 0 Å². The molecule has 0 spiro atoms. The molecule has 1 aliphatic rings. The molecule has 0 aromatic rings. The highest BCUT2D eigenvalue weighted by Crippen LogP contribution is 2.22. The number of carbonyl (C=O) groups is 1. The summed E-state index contributed by atoms with van der Waals surface area (Å²) in [7, 11) is 0. The van der Waals surface area contributed by atoms with Crippen LogP contribution in [0.5, 0.6) is 0 Å². The molecule has 3 N–H and O–H groups in total. The van der Waals surface area contributed by atoms with E-state index in [-0.39, 0.29) is 23.3 Å². The topological polar surface area (TPSA) is 64.3 Å². The number of nitrogens with two attached hydrogens (primary N) is 1. The summed E-state index contributed by atoms with van der Waals surface area (Å²) in [6, 6.07) is 0.144. The Kier molecular flexibility index (Phi) is 4.74. The smallest absolute Gasteiger partial charge is 0.225 e. The van der Waals surface area contributed by atoms with Crippen LogP contribution in [0.2, 0.25) is 0 Å². The van der Waals surface area contributed by atoms with Crippen molar-refractivity contribution in [3.63, 3.8) is 0 Å². The Morgan fingerprint density at radius 3 is 2.69 bits per heavy atom. The van der Waals surface area contributed by atoms with Crippen molar-refractivity contribution in [2.24, 2.45) is 17.1 Å². The van der Waals surface area contributed by atoms with Crippen LogP contribution in [0.4, 0.5) is 0 Å². The summed E-state index contributed by atoms with van der Waals surface area (Å²) in [5, 5.41) is 3.10. The van der Waals surface area contributed by atoms with Crippen LogP contribution in [-0.2, 0) is 9.53 Å². The summed E-state index contributed by atoms with van der Waals surface area (Å²) in [6.45, 7) is 8.24. The number of nitrogens with one attached hydrogen (secondary N) is 1. The average molecular weight is 228 g/mol. The third-order valence-corrected chi connectivity index (χ3v) is 3.12. The number of rotatable bonds is 4. The van der Waals surface area contributed by atoms with Gasteiger partial charge in [0, 0.05) is 12.6 Å². The van der Waals surface area contributed by atoms with Crippen molar-refractivity contribution in [3.8, 4) is 0 Å². The van der Waals surface area contributed by atoms with Crippen molar-refractivity contribution in [2.45, 2.75) is 39.7 Å². The summed E-state index contributed by atoms with van der Waals surface area (Å²) in [5.41, 5.74) is 5.63. The van der Waals surface area contributed by atoms with Gasteiger partial charge in [-0.2, -0.15) is 0 Å². The summed E-state index contributed by atoms with van der Waals surface area (Å²) < 4.78 is 5.22. The molecule has 1 amide bonds. The molecule has 0 radical (unpaired) electrons. The molecular formula is C12H24N2O2. The van der Waals surface area contributed by atoms with Gasteiger partial charge in [-0.25, -0.2) is 0 Å². The first-order valence-corrected chi connectivity index (χ1v) is 6.03. The fourth-order valence-corrected chi connectivity index (χ4v) is 1.92.